The Kier molecular flexibility index (Phi) is 6.79. The Labute approximate surface area is 170 Å². The number of halogens is 1. The third-order valence-electron chi connectivity index (χ3n) is 4.11. The number of hydrogen-bond acceptors (Lipinski definition) is 3. The van der Waals surface area contributed by atoms with Gasteiger partial charge in [-0.15, -0.1) is 11.3 Å². The lowest BCUT2D eigenvalue weighted by Crippen LogP contribution is -2.38. The second-order valence-corrected chi connectivity index (χ2v) is 8.43. The summed E-state index contributed by atoms with van der Waals surface area (Å²) in [4.78, 5) is 24.8. The molecule has 3 rings (SSSR count). The molecule has 0 saturated carbocycles. The van der Waals surface area contributed by atoms with Crippen LogP contribution in [0.25, 0.3) is 0 Å². The van der Waals surface area contributed by atoms with Gasteiger partial charge in [-0.1, -0.05) is 60.7 Å². The molecular weight excluding hydrogens is 424 g/mol. The van der Waals surface area contributed by atoms with Crippen molar-refractivity contribution < 1.29 is 9.59 Å². The Morgan fingerprint density at radius 1 is 0.852 bits per heavy atom. The first kappa shape index (κ1) is 19.3. The fourth-order valence-electron chi connectivity index (χ4n) is 2.76. The summed E-state index contributed by atoms with van der Waals surface area (Å²) in [5, 5.41) is 5.59. The summed E-state index contributed by atoms with van der Waals surface area (Å²) >= 11 is 4.66. The minimum absolute atomic E-state index is 0.0509. The van der Waals surface area contributed by atoms with Crippen LogP contribution in [0.15, 0.2) is 76.6 Å². The summed E-state index contributed by atoms with van der Waals surface area (Å²) in [5.41, 5.74) is 2.27. The Morgan fingerprint density at radius 3 is 1.96 bits per heavy atom. The van der Waals surface area contributed by atoms with Crippen LogP contribution in [0.3, 0.4) is 0 Å². The van der Waals surface area contributed by atoms with Crippen LogP contribution in [0, 0.1) is 0 Å². The highest BCUT2D eigenvalue weighted by Gasteiger charge is 2.16. The number of hydrogen-bond donors (Lipinski definition) is 2. The van der Waals surface area contributed by atoms with Crippen LogP contribution in [0.5, 0.6) is 0 Å². The van der Waals surface area contributed by atoms with Gasteiger partial charge in [-0.05, 0) is 39.2 Å². The minimum Gasteiger partial charge on any atom is -0.354 e. The fraction of sp³-hybridized carbons (Fsp3) is 0.143. The van der Waals surface area contributed by atoms with Gasteiger partial charge in [0.1, 0.15) is 0 Å². The zero-order valence-electron chi connectivity index (χ0n) is 14.5. The molecule has 2 amide bonds. The largest absolute Gasteiger partial charge is 0.354 e. The maximum absolute atomic E-state index is 12.2. The average molecular weight is 443 g/mol. The third-order valence-corrected chi connectivity index (χ3v) is 5.74. The van der Waals surface area contributed by atoms with E-state index in [0.717, 1.165) is 14.9 Å². The first-order valence-electron chi connectivity index (χ1n) is 8.53. The SMILES string of the molecule is O=C(CNC(=O)c1ccc(Br)s1)NCC(c1ccccc1)c1ccccc1. The van der Waals surface area contributed by atoms with Crippen molar-refractivity contribution in [1.82, 2.24) is 10.6 Å². The van der Waals surface area contributed by atoms with Gasteiger partial charge in [-0.2, -0.15) is 0 Å². The summed E-state index contributed by atoms with van der Waals surface area (Å²) in [7, 11) is 0. The predicted molar refractivity (Wildman–Crippen MR) is 112 cm³/mol. The lowest BCUT2D eigenvalue weighted by molar-refractivity contribution is -0.120. The Hall–Kier alpha value is -2.44. The quantitative estimate of drug-likeness (QED) is 0.576. The molecule has 0 bridgehead atoms. The number of benzene rings is 2. The summed E-state index contributed by atoms with van der Waals surface area (Å²) in [6.45, 7) is 0.415. The Morgan fingerprint density at radius 2 is 1.44 bits per heavy atom. The molecule has 4 nitrogen and oxygen atoms in total. The molecule has 0 radical (unpaired) electrons. The molecule has 0 saturated heterocycles. The molecule has 2 N–H and O–H groups in total. The topological polar surface area (TPSA) is 58.2 Å². The van der Waals surface area contributed by atoms with Crippen LogP contribution >= 0.6 is 27.3 Å². The molecule has 27 heavy (non-hydrogen) atoms. The molecule has 6 heteroatoms. The summed E-state index contributed by atoms with van der Waals surface area (Å²) in [5.74, 6) is -0.403. The molecule has 0 aliphatic rings. The van der Waals surface area contributed by atoms with E-state index in [1.54, 1.807) is 6.07 Å². The molecule has 1 heterocycles. The molecule has 0 spiro atoms. The van der Waals surface area contributed by atoms with Gasteiger partial charge in [0.15, 0.2) is 0 Å². The van der Waals surface area contributed by atoms with Crippen LogP contribution in [0.4, 0.5) is 0 Å². The maximum Gasteiger partial charge on any atom is 0.261 e. The summed E-state index contributed by atoms with van der Waals surface area (Å²) in [6.07, 6.45) is 0. The maximum atomic E-state index is 12.2. The van der Waals surface area contributed by atoms with E-state index < -0.39 is 0 Å². The zero-order valence-corrected chi connectivity index (χ0v) is 16.9. The van der Waals surface area contributed by atoms with Gasteiger partial charge in [-0.3, -0.25) is 9.59 Å². The van der Waals surface area contributed by atoms with Crippen molar-refractivity contribution in [3.05, 3.63) is 92.6 Å². The smallest absolute Gasteiger partial charge is 0.261 e. The van der Waals surface area contributed by atoms with Crippen molar-refractivity contribution in [3.63, 3.8) is 0 Å². The highest BCUT2D eigenvalue weighted by atomic mass is 79.9. The highest BCUT2D eigenvalue weighted by molar-refractivity contribution is 9.11. The van der Waals surface area contributed by atoms with Crippen molar-refractivity contribution in [2.45, 2.75) is 5.92 Å². The number of thiophene rings is 1. The molecule has 0 unspecified atom stereocenters. The van der Waals surface area contributed by atoms with Crippen LogP contribution < -0.4 is 10.6 Å². The van der Waals surface area contributed by atoms with E-state index in [-0.39, 0.29) is 24.3 Å². The molecule has 3 aromatic rings. The minimum atomic E-state index is -0.247. The lowest BCUT2D eigenvalue weighted by Gasteiger charge is -2.19. The van der Waals surface area contributed by atoms with E-state index in [9.17, 15) is 9.59 Å². The first-order valence-corrected chi connectivity index (χ1v) is 10.1. The summed E-state index contributed by atoms with van der Waals surface area (Å²) < 4.78 is 0.880. The number of nitrogens with one attached hydrogen (secondary N) is 2. The van der Waals surface area contributed by atoms with Crippen molar-refractivity contribution >= 4 is 39.1 Å². The van der Waals surface area contributed by atoms with Crippen LogP contribution in [-0.4, -0.2) is 24.9 Å². The second kappa shape index (κ2) is 9.48. The molecule has 0 atom stereocenters. The van der Waals surface area contributed by atoms with Gasteiger partial charge in [0.05, 0.1) is 15.2 Å². The highest BCUT2D eigenvalue weighted by Crippen LogP contribution is 2.24. The van der Waals surface area contributed by atoms with Crippen molar-refractivity contribution in [2.24, 2.45) is 0 Å². The van der Waals surface area contributed by atoms with Gasteiger partial charge in [-0.25, -0.2) is 0 Å². The predicted octanol–water partition coefficient (Wildman–Crippen LogP) is 4.19. The van der Waals surface area contributed by atoms with Crippen molar-refractivity contribution in [1.29, 1.82) is 0 Å². The van der Waals surface area contributed by atoms with Gasteiger partial charge in [0.25, 0.3) is 5.91 Å². The molecule has 0 aliphatic carbocycles. The van der Waals surface area contributed by atoms with E-state index in [1.807, 2.05) is 42.5 Å². The number of amides is 2. The molecule has 0 fully saturated rings. The monoisotopic (exact) mass is 442 g/mol. The van der Waals surface area contributed by atoms with Gasteiger partial charge in [0.2, 0.25) is 5.91 Å². The molecule has 1 aromatic heterocycles. The van der Waals surface area contributed by atoms with Gasteiger partial charge < -0.3 is 10.6 Å². The van der Waals surface area contributed by atoms with Crippen LogP contribution in [0.1, 0.15) is 26.7 Å². The normalized spacial score (nSPS) is 10.6. The van der Waals surface area contributed by atoms with E-state index in [2.05, 4.69) is 50.8 Å². The lowest BCUT2D eigenvalue weighted by atomic mass is 9.91. The number of rotatable bonds is 7. The second-order valence-electron chi connectivity index (χ2n) is 5.96. The van der Waals surface area contributed by atoms with E-state index in [1.165, 1.54) is 11.3 Å². The van der Waals surface area contributed by atoms with Crippen molar-refractivity contribution in [3.8, 4) is 0 Å². The first-order chi connectivity index (χ1) is 13.1. The van der Waals surface area contributed by atoms with E-state index in [4.69, 9.17) is 0 Å². The molecular formula is C21H19BrN2O2S. The molecule has 0 aliphatic heterocycles. The standard InChI is InChI=1S/C21H19BrN2O2S/c22-19-12-11-18(27-19)21(26)24-14-20(25)23-13-17(15-7-3-1-4-8-15)16-9-5-2-6-10-16/h1-12,17H,13-14H2,(H,23,25)(H,24,26). The van der Waals surface area contributed by atoms with E-state index in [0.29, 0.717) is 11.4 Å². The van der Waals surface area contributed by atoms with Gasteiger partial charge >= 0.3 is 0 Å². The zero-order chi connectivity index (χ0) is 19.1. The van der Waals surface area contributed by atoms with Crippen LogP contribution in [0.2, 0.25) is 0 Å². The van der Waals surface area contributed by atoms with Crippen molar-refractivity contribution in [2.75, 3.05) is 13.1 Å². The number of carbonyl (C=O) groups is 2. The molecule has 138 valence electrons. The third kappa shape index (κ3) is 5.52. The molecule has 2 aromatic carbocycles. The fourth-order valence-corrected chi connectivity index (χ4v) is 4.06. The number of carbonyl (C=O) groups excluding carboxylic acids is 2. The van der Waals surface area contributed by atoms with E-state index >= 15 is 0 Å². The van der Waals surface area contributed by atoms with Gasteiger partial charge in [0, 0.05) is 12.5 Å². The average Bonchev–Trinajstić information content (AvgIpc) is 3.14. The Bertz CT molecular complexity index is 857. The van der Waals surface area contributed by atoms with Crippen LogP contribution in [-0.2, 0) is 4.79 Å². The summed E-state index contributed by atoms with van der Waals surface area (Å²) in [6, 6.07) is 23.7. The Balaban J connectivity index is 1.58.